The van der Waals surface area contributed by atoms with Crippen LogP contribution in [0.5, 0.6) is 17.2 Å². The number of ether oxygens (including phenoxy) is 3. The minimum absolute atomic E-state index is 0.0972. The molecule has 2 aliphatic rings. The molecule has 8 N–H and O–H groups in total. The highest BCUT2D eigenvalue weighted by molar-refractivity contribution is 5.88. The lowest BCUT2D eigenvalue weighted by Gasteiger charge is -2.39. The number of phenols is 2. The zero-order valence-corrected chi connectivity index (χ0v) is 21.2. The number of aliphatic hydroxyl groups is 6. The number of benzene rings is 2. The summed E-state index contributed by atoms with van der Waals surface area (Å²) in [5, 5.41) is 80.8. The summed E-state index contributed by atoms with van der Waals surface area (Å²) >= 11 is 0. The molecule has 0 aliphatic carbocycles. The van der Waals surface area contributed by atoms with Gasteiger partial charge >= 0.3 is 0 Å². The molecule has 3 aromatic rings. The summed E-state index contributed by atoms with van der Waals surface area (Å²) in [6.45, 7) is 0.936. The zero-order chi connectivity index (χ0) is 28.9. The standard InChI is InChI=1S/C27H30O13/c1-10-22(32)15(31)8-17(37-10)20-14(30)7-18-21(24(20)34)13(29)6-16(39-18)11-2-4-12(5-3-11)38-27-26(36)25(35)23(33)19(9-28)40-27/h2-7,10,15,17,19,22-23,25-28,30-36H,8-9H2,1H3/t10-,15+,17-,19-,22+,23-,25+,26-,27-/m1/s1. The molecule has 0 radical (unpaired) electrons. The number of hydrogen-bond donors (Lipinski definition) is 8. The van der Waals surface area contributed by atoms with Gasteiger partial charge in [0.1, 0.15) is 64.5 Å². The highest BCUT2D eigenvalue weighted by Crippen LogP contribution is 2.44. The van der Waals surface area contributed by atoms with Crippen molar-refractivity contribution in [1.82, 2.24) is 0 Å². The maximum atomic E-state index is 13.0. The van der Waals surface area contributed by atoms with Gasteiger partial charge in [0.15, 0.2) is 5.43 Å². The summed E-state index contributed by atoms with van der Waals surface area (Å²) in [5.41, 5.74) is -0.391. The van der Waals surface area contributed by atoms with Crippen LogP contribution in [0.25, 0.3) is 22.3 Å². The number of phenolic OH excluding ortho intramolecular Hbond substituents is 2. The number of fused-ring (bicyclic) bond motifs is 1. The highest BCUT2D eigenvalue weighted by Gasteiger charge is 2.44. The summed E-state index contributed by atoms with van der Waals surface area (Å²) in [6, 6.07) is 8.32. The van der Waals surface area contributed by atoms with Crippen LogP contribution in [0.4, 0.5) is 0 Å². The SMILES string of the molecule is C[C@H]1O[C@@H](c2c(O)cc3oc(-c4ccc(O[C@@H]5O[C@H](CO)[C@@H](O)[C@H](O)[C@H]5O)cc4)cc(=O)c3c2O)C[C@H](O)[C@H]1O. The number of rotatable bonds is 5. The Morgan fingerprint density at radius 3 is 2.27 bits per heavy atom. The molecule has 2 aliphatic heterocycles. The predicted octanol–water partition coefficient (Wildman–Crippen LogP) is -0.378. The molecule has 9 atom stereocenters. The Bertz CT molecular complexity index is 1410. The maximum Gasteiger partial charge on any atom is 0.229 e. The molecule has 0 saturated carbocycles. The molecule has 216 valence electrons. The van der Waals surface area contributed by atoms with Crippen LogP contribution in [0, 0.1) is 0 Å². The van der Waals surface area contributed by atoms with Crippen molar-refractivity contribution in [2.45, 2.75) is 68.5 Å². The molecular formula is C27H30O13. The van der Waals surface area contributed by atoms with Crippen molar-refractivity contribution < 1.29 is 59.5 Å². The third kappa shape index (κ3) is 5.02. The monoisotopic (exact) mass is 562 g/mol. The van der Waals surface area contributed by atoms with Gasteiger partial charge in [0.2, 0.25) is 6.29 Å². The fourth-order valence-corrected chi connectivity index (χ4v) is 5.01. The molecule has 1 aromatic heterocycles. The first-order valence-electron chi connectivity index (χ1n) is 12.6. The van der Waals surface area contributed by atoms with Crippen LogP contribution in [0.2, 0.25) is 0 Å². The summed E-state index contributed by atoms with van der Waals surface area (Å²) in [6.07, 6.45) is -11.4. The largest absolute Gasteiger partial charge is 0.507 e. The fourth-order valence-electron chi connectivity index (χ4n) is 5.01. The molecule has 13 heteroatoms. The van der Waals surface area contributed by atoms with Crippen molar-refractivity contribution in [3.8, 4) is 28.6 Å². The Kier molecular flexibility index (Phi) is 7.74. The van der Waals surface area contributed by atoms with E-state index in [1.807, 2.05) is 0 Å². The molecule has 2 saturated heterocycles. The van der Waals surface area contributed by atoms with E-state index in [2.05, 4.69) is 0 Å². The van der Waals surface area contributed by atoms with Gasteiger partial charge in [-0.2, -0.15) is 0 Å². The molecule has 40 heavy (non-hydrogen) atoms. The van der Waals surface area contributed by atoms with Crippen LogP contribution in [0.1, 0.15) is 25.0 Å². The van der Waals surface area contributed by atoms with E-state index in [0.29, 0.717) is 5.56 Å². The van der Waals surface area contributed by atoms with Gasteiger partial charge in [-0.15, -0.1) is 0 Å². The number of hydrogen-bond acceptors (Lipinski definition) is 13. The maximum absolute atomic E-state index is 13.0. The van der Waals surface area contributed by atoms with Crippen LogP contribution >= 0.6 is 0 Å². The zero-order valence-electron chi connectivity index (χ0n) is 21.2. The molecular weight excluding hydrogens is 532 g/mol. The average molecular weight is 563 g/mol. The first kappa shape index (κ1) is 28.3. The second-order valence-electron chi connectivity index (χ2n) is 9.97. The van der Waals surface area contributed by atoms with Crippen LogP contribution in [-0.4, -0.2) is 96.5 Å². The lowest BCUT2D eigenvalue weighted by molar-refractivity contribution is -0.277. The Hall–Kier alpha value is -3.27. The summed E-state index contributed by atoms with van der Waals surface area (Å²) in [4.78, 5) is 13.0. The van der Waals surface area contributed by atoms with Gasteiger partial charge in [0.25, 0.3) is 0 Å². The van der Waals surface area contributed by atoms with E-state index in [0.717, 1.165) is 12.1 Å². The highest BCUT2D eigenvalue weighted by atomic mass is 16.7. The molecule has 2 aromatic carbocycles. The first-order valence-corrected chi connectivity index (χ1v) is 12.6. The van der Waals surface area contributed by atoms with Gasteiger partial charge in [0, 0.05) is 24.1 Å². The van der Waals surface area contributed by atoms with Gasteiger partial charge in [-0.3, -0.25) is 4.79 Å². The third-order valence-electron chi connectivity index (χ3n) is 7.28. The van der Waals surface area contributed by atoms with Gasteiger partial charge < -0.3 is 59.5 Å². The second-order valence-corrected chi connectivity index (χ2v) is 9.97. The Morgan fingerprint density at radius 2 is 1.62 bits per heavy atom. The Balaban J connectivity index is 1.41. The quantitative estimate of drug-likeness (QED) is 0.199. The third-order valence-corrected chi connectivity index (χ3v) is 7.28. The first-order chi connectivity index (χ1) is 19.0. The summed E-state index contributed by atoms with van der Waals surface area (Å²) < 4.78 is 22.4. The molecule has 0 bridgehead atoms. The van der Waals surface area contributed by atoms with Gasteiger partial charge in [-0.25, -0.2) is 0 Å². The number of aliphatic hydroxyl groups excluding tert-OH is 6. The minimum Gasteiger partial charge on any atom is -0.507 e. The van der Waals surface area contributed by atoms with Crippen molar-refractivity contribution in [1.29, 1.82) is 0 Å². The van der Waals surface area contributed by atoms with E-state index in [4.69, 9.17) is 18.6 Å². The summed E-state index contributed by atoms with van der Waals surface area (Å²) in [7, 11) is 0. The van der Waals surface area contributed by atoms with E-state index in [-0.39, 0.29) is 34.5 Å². The topological polar surface area (TPSA) is 220 Å². The van der Waals surface area contributed by atoms with Crippen molar-refractivity contribution in [3.63, 3.8) is 0 Å². The van der Waals surface area contributed by atoms with E-state index in [9.17, 15) is 45.6 Å². The molecule has 0 spiro atoms. The average Bonchev–Trinajstić information content (AvgIpc) is 2.91. The number of aromatic hydroxyl groups is 2. The molecule has 2 fully saturated rings. The van der Waals surface area contributed by atoms with Crippen LogP contribution in [0.3, 0.4) is 0 Å². The second kappa shape index (κ2) is 11.0. The van der Waals surface area contributed by atoms with E-state index in [1.54, 1.807) is 0 Å². The van der Waals surface area contributed by atoms with E-state index >= 15 is 0 Å². The van der Waals surface area contributed by atoms with Crippen molar-refractivity contribution >= 4 is 11.0 Å². The van der Waals surface area contributed by atoms with Crippen molar-refractivity contribution in [2.75, 3.05) is 6.61 Å². The minimum atomic E-state index is -1.60. The summed E-state index contributed by atoms with van der Waals surface area (Å²) in [5.74, 6) is -0.677. The molecule has 3 heterocycles. The van der Waals surface area contributed by atoms with Crippen LogP contribution in [0.15, 0.2) is 45.6 Å². The van der Waals surface area contributed by atoms with Crippen LogP contribution < -0.4 is 10.2 Å². The smallest absolute Gasteiger partial charge is 0.229 e. The van der Waals surface area contributed by atoms with Crippen molar-refractivity contribution in [3.05, 3.63) is 52.2 Å². The van der Waals surface area contributed by atoms with Gasteiger partial charge in [-0.1, -0.05) is 0 Å². The lowest BCUT2D eigenvalue weighted by atomic mass is 9.92. The molecule has 0 unspecified atom stereocenters. The Labute approximate surface area is 226 Å². The van der Waals surface area contributed by atoms with Gasteiger partial charge in [0.05, 0.1) is 30.5 Å². The van der Waals surface area contributed by atoms with Gasteiger partial charge in [-0.05, 0) is 31.2 Å². The van der Waals surface area contributed by atoms with Crippen LogP contribution in [-0.2, 0) is 9.47 Å². The van der Waals surface area contributed by atoms with Crippen molar-refractivity contribution in [2.24, 2.45) is 0 Å². The predicted molar refractivity (Wildman–Crippen MR) is 136 cm³/mol. The fraction of sp³-hybridized carbons (Fsp3) is 0.444. The normalized spacial score (nSPS) is 32.7. The lowest BCUT2D eigenvalue weighted by Crippen LogP contribution is -2.60. The Morgan fingerprint density at radius 1 is 0.925 bits per heavy atom. The van der Waals surface area contributed by atoms with E-state index in [1.165, 1.54) is 31.2 Å². The molecule has 0 amide bonds. The molecule has 13 nitrogen and oxygen atoms in total. The molecule has 5 rings (SSSR count). The van der Waals surface area contributed by atoms with E-state index < -0.39 is 78.7 Å².